The van der Waals surface area contributed by atoms with Crippen LogP contribution in [0, 0.1) is 17.2 Å². The van der Waals surface area contributed by atoms with Crippen LogP contribution in [0.2, 0.25) is 0 Å². The number of halogens is 3. The lowest BCUT2D eigenvalue weighted by Gasteiger charge is -2.19. The molecule has 1 aromatic carbocycles. The molecule has 0 spiro atoms. The Hall–Kier alpha value is -2.75. The number of rotatable bonds is 4. The summed E-state index contributed by atoms with van der Waals surface area (Å²) in [7, 11) is 0. The minimum absolute atomic E-state index is 0.0225. The van der Waals surface area contributed by atoms with Gasteiger partial charge < -0.3 is 9.88 Å². The quantitative estimate of drug-likeness (QED) is 0.902. The van der Waals surface area contributed by atoms with Crippen LogP contribution < -0.4 is 5.32 Å². The van der Waals surface area contributed by atoms with Crippen LogP contribution in [0.15, 0.2) is 36.5 Å². The molecular formula is C18H18F3N3O. The summed E-state index contributed by atoms with van der Waals surface area (Å²) in [6, 6.07) is 7.80. The summed E-state index contributed by atoms with van der Waals surface area (Å²) in [6.07, 6.45) is -3.07. The molecule has 0 aliphatic rings. The Bertz CT molecular complexity index is 816. The van der Waals surface area contributed by atoms with E-state index in [2.05, 4.69) is 5.32 Å². The predicted molar refractivity (Wildman–Crippen MR) is 87.3 cm³/mol. The second kappa shape index (κ2) is 7.01. The maximum Gasteiger partial charge on any atom is 0.416 e. The molecule has 2 aromatic rings. The molecule has 1 N–H and O–H groups in total. The highest BCUT2D eigenvalue weighted by molar-refractivity contribution is 5.96. The van der Waals surface area contributed by atoms with Gasteiger partial charge in [-0.05, 0) is 37.1 Å². The lowest BCUT2D eigenvalue weighted by atomic mass is 10.1. The molecule has 0 bridgehead atoms. The zero-order valence-corrected chi connectivity index (χ0v) is 14.1. The molecule has 4 nitrogen and oxygen atoms in total. The van der Waals surface area contributed by atoms with Crippen LogP contribution in [0.1, 0.15) is 42.4 Å². The molecule has 1 amide bonds. The first-order chi connectivity index (χ1) is 11.6. The van der Waals surface area contributed by atoms with Crippen LogP contribution in [0.25, 0.3) is 5.69 Å². The summed E-state index contributed by atoms with van der Waals surface area (Å²) in [5.41, 5.74) is -0.530. The number of amides is 1. The first-order valence-corrected chi connectivity index (χ1v) is 7.75. The Morgan fingerprint density at radius 1 is 1.24 bits per heavy atom. The van der Waals surface area contributed by atoms with Gasteiger partial charge in [0.25, 0.3) is 5.91 Å². The number of nitrogens with zero attached hydrogens (tertiary/aromatic N) is 2. The molecule has 1 aromatic heterocycles. The van der Waals surface area contributed by atoms with Crippen LogP contribution in [0.3, 0.4) is 0 Å². The van der Waals surface area contributed by atoms with Gasteiger partial charge in [0, 0.05) is 17.9 Å². The van der Waals surface area contributed by atoms with E-state index in [1.165, 1.54) is 29.0 Å². The summed E-state index contributed by atoms with van der Waals surface area (Å²) in [5, 5.41) is 12.0. The van der Waals surface area contributed by atoms with E-state index in [9.17, 15) is 23.2 Å². The normalized spacial score (nSPS) is 12.7. The highest BCUT2D eigenvalue weighted by atomic mass is 19.4. The van der Waals surface area contributed by atoms with Gasteiger partial charge in [0.15, 0.2) is 0 Å². The van der Waals surface area contributed by atoms with Gasteiger partial charge >= 0.3 is 6.18 Å². The third kappa shape index (κ3) is 4.02. The van der Waals surface area contributed by atoms with Gasteiger partial charge in [-0.2, -0.15) is 18.4 Å². The number of aromatic nitrogens is 1. The third-order valence-electron chi connectivity index (χ3n) is 4.03. The number of nitrogens with one attached hydrogen (secondary N) is 1. The Labute approximate surface area is 143 Å². The van der Waals surface area contributed by atoms with E-state index >= 15 is 0 Å². The van der Waals surface area contributed by atoms with Crippen molar-refractivity contribution in [1.29, 1.82) is 5.26 Å². The lowest BCUT2D eigenvalue weighted by Crippen LogP contribution is -2.37. The zero-order chi connectivity index (χ0) is 18.8. The molecule has 7 heteroatoms. The van der Waals surface area contributed by atoms with E-state index in [0.717, 1.165) is 12.1 Å². The first kappa shape index (κ1) is 18.6. The zero-order valence-electron chi connectivity index (χ0n) is 14.1. The van der Waals surface area contributed by atoms with Gasteiger partial charge in [0.1, 0.15) is 11.8 Å². The molecule has 0 saturated carbocycles. The van der Waals surface area contributed by atoms with E-state index in [1.807, 2.05) is 26.8 Å². The van der Waals surface area contributed by atoms with Crippen LogP contribution in [0.4, 0.5) is 13.2 Å². The average molecular weight is 349 g/mol. The van der Waals surface area contributed by atoms with Crippen molar-refractivity contribution in [2.45, 2.75) is 33.0 Å². The molecule has 2 rings (SSSR count). The van der Waals surface area contributed by atoms with Crippen LogP contribution in [-0.4, -0.2) is 16.5 Å². The van der Waals surface area contributed by atoms with E-state index < -0.39 is 17.6 Å². The first-order valence-electron chi connectivity index (χ1n) is 7.75. The molecule has 1 unspecified atom stereocenters. The number of carbonyl (C=O) groups excluding carboxylic acids is 1. The molecule has 1 heterocycles. The van der Waals surface area contributed by atoms with Gasteiger partial charge in [-0.3, -0.25) is 4.79 Å². The van der Waals surface area contributed by atoms with Crippen LogP contribution >= 0.6 is 0 Å². The topological polar surface area (TPSA) is 57.8 Å². The maximum atomic E-state index is 12.9. The Balaban J connectivity index is 2.49. The number of nitriles is 1. The third-order valence-corrected chi connectivity index (χ3v) is 4.03. The molecule has 0 radical (unpaired) electrons. The van der Waals surface area contributed by atoms with Gasteiger partial charge in [0.2, 0.25) is 0 Å². The highest BCUT2D eigenvalue weighted by Gasteiger charge is 2.31. The molecule has 1 atom stereocenters. The number of alkyl halides is 3. The monoisotopic (exact) mass is 349 g/mol. The molecule has 0 saturated heterocycles. The Kier molecular flexibility index (Phi) is 5.21. The van der Waals surface area contributed by atoms with Crippen LogP contribution in [0.5, 0.6) is 0 Å². The van der Waals surface area contributed by atoms with E-state index in [1.54, 1.807) is 0 Å². The fraction of sp³-hybridized carbons (Fsp3) is 0.333. The molecule has 0 fully saturated rings. The highest BCUT2D eigenvalue weighted by Crippen LogP contribution is 2.31. The van der Waals surface area contributed by atoms with Gasteiger partial charge in [0.05, 0.1) is 11.1 Å². The van der Waals surface area contributed by atoms with Gasteiger partial charge in [-0.15, -0.1) is 0 Å². The summed E-state index contributed by atoms with van der Waals surface area (Å²) in [5.74, 6) is -0.327. The fourth-order valence-electron chi connectivity index (χ4n) is 2.24. The fourth-order valence-corrected chi connectivity index (χ4v) is 2.24. The van der Waals surface area contributed by atoms with Crippen molar-refractivity contribution < 1.29 is 18.0 Å². The number of carbonyl (C=O) groups is 1. The van der Waals surface area contributed by atoms with Crippen molar-refractivity contribution in [3.63, 3.8) is 0 Å². The van der Waals surface area contributed by atoms with Crippen molar-refractivity contribution in [1.82, 2.24) is 9.88 Å². The van der Waals surface area contributed by atoms with Crippen molar-refractivity contribution in [3.8, 4) is 11.8 Å². The van der Waals surface area contributed by atoms with E-state index in [0.29, 0.717) is 0 Å². The van der Waals surface area contributed by atoms with E-state index in [4.69, 9.17) is 0 Å². The minimum atomic E-state index is -4.49. The number of hydrogen-bond donors (Lipinski definition) is 1. The van der Waals surface area contributed by atoms with Crippen molar-refractivity contribution in [3.05, 3.63) is 53.3 Å². The number of hydrogen-bond acceptors (Lipinski definition) is 2. The van der Waals surface area contributed by atoms with Gasteiger partial charge in [-0.25, -0.2) is 0 Å². The van der Waals surface area contributed by atoms with Gasteiger partial charge in [-0.1, -0.05) is 19.9 Å². The second-order valence-electron chi connectivity index (χ2n) is 6.11. The minimum Gasteiger partial charge on any atom is -0.348 e. The standard InChI is InChI=1S/C18H18F3N3O/c1-11(2)12(3)23-17(25)16-13(10-22)7-8-24(16)15-6-4-5-14(9-15)18(19,20)21/h4-9,11-12H,1-3H3,(H,23,25). The predicted octanol–water partition coefficient (Wildman–Crippen LogP) is 4.14. The molecule has 0 aliphatic heterocycles. The summed E-state index contributed by atoms with van der Waals surface area (Å²) in [6.45, 7) is 5.69. The summed E-state index contributed by atoms with van der Waals surface area (Å²) < 4.78 is 40.1. The lowest BCUT2D eigenvalue weighted by molar-refractivity contribution is -0.137. The molecule has 25 heavy (non-hydrogen) atoms. The summed E-state index contributed by atoms with van der Waals surface area (Å²) in [4.78, 5) is 12.6. The van der Waals surface area contributed by atoms with E-state index in [-0.39, 0.29) is 28.9 Å². The van der Waals surface area contributed by atoms with Crippen LogP contribution in [-0.2, 0) is 6.18 Å². The maximum absolute atomic E-state index is 12.9. The molecule has 132 valence electrons. The van der Waals surface area contributed by atoms with Crippen molar-refractivity contribution in [2.75, 3.05) is 0 Å². The van der Waals surface area contributed by atoms with Crippen molar-refractivity contribution >= 4 is 5.91 Å². The second-order valence-corrected chi connectivity index (χ2v) is 6.11. The summed E-state index contributed by atoms with van der Waals surface area (Å²) >= 11 is 0. The smallest absolute Gasteiger partial charge is 0.348 e. The largest absolute Gasteiger partial charge is 0.416 e. The molecule has 0 aliphatic carbocycles. The SMILES string of the molecule is CC(C)C(C)NC(=O)c1c(C#N)ccn1-c1cccc(C(F)(F)F)c1. The van der Waals surface area contributed by atoms with Crippen molar-refractivity contribution in [2.24, 2.45) is 5.92 Å². The Morgan fingerprint density at radius 2 is 1.92 bits per heavy atom. The number of benzene rings is 1. The average Bonchev–Trinajstić information content (AvgIpc) is 2.98. The Morgan fingerprint density at radius 3 is 2.48 bits per heavy atom. The molecular weight excluding hydrogens is 331 g/mol.